The maximum atomic E-state index is 9.95. The van der Waals surface area contributed by atoms with E-state index in [1.54, 1.807) is 0 Å². The highest BCUT2D eigenvalue weighted by Crippen LogP contribution is 2.18. The van der Waals surface area contributed by atoms with Crippen LogP contribution in [-0.4, -0.2) is 31.3 Å². The Kier molecular flexibility index (Phi) is 2.87. The Balaban J connectivity index is 1.90. The van der Waals surface area contributed by atoms with Gasteiger partial charge in [-0.3, -0.25) is 0 Å². The van der Waals surface area contributed by atoms with Crippen LogP contribution >= 0.6 is 0 Å². The lowest BCUT2D eigenvalue weighted by molar-refractivity contribution is -0.108. The molecule has 0 aromatic rings. The van der Waals surface area contributed by atoms with E-state index in [0.29, 0.717) is 0 Å². The van der Waals surface area contributed by atoms with Gasteiger partial charge in [0.1, 0.15) is 6.29 Å². The third-order valence-electron chi connectivity index (χ3n) is 2.07. The summed E-state index contributed by atoms with van der Waals surface area (Å²) >= 11 is 0. The summed E-state index contributed by atoms with van der Waals surface area (Å²) in [5.74, 6) is 0.880. The number of likely N-dealkylation sites (tertiary alicyclic amines) is 1. The normalized spacial score (nSPS) is 20.5. The topological polar surface area (TPSA) is 20.3 Å². The number of rotatable bonds is 4. The molecule has 2 heteroatoms. The first-order valence-corrected chi connectivity index (χ1v) is 3.95. The average molecular weight is 141 g/mol. The van der Waals surface area contributed by atoms with Crippen molar-refractivity contribution in [1.82, 2.24) is 4.90 Å². The van der Waals surface area contributed by atoms with E-state index >= 15 is 0 Å². The van der Waals surface area contributed by atoms with Crippen LogP contribution in [0.4, 0.5) is 0 Å². The molecule has 0 unspecified atom stereocenters. The van der Waals surface area contributed by atoms with Crippen LogP contribution in [0.25, 0.3) is 0 Å². The molecule has 1 saturated heterocycles. The number of hydrogen-bond donors (Lipinski definition) is 0. The Morgan fingerprint density at radius 1 is 1.60 bits per heavy atom. The lowest BCUT2D eigenvalue weighted by atomic mass is 9.95. The van der Waals surface area contributed by atoms with E-state index in [1.165, 1.54) is 19.5 Å². The summed E-state index contributed by atoms with van der Waals surface area (Å²) in [5.41, 5.74) is 0. The maximum Gasteiger partial charge on any atom is 0.119 e. The summed E-state index contributed by atoms with van der Waals surface area (Å²) in [6, 6.07) is 0. The number of hydrogen-bond acceptors (Lipinski definition) is 2. The zero-order valence-electron chi connectivity index (χ0n) is 6.55. The molecule has 1 aliphatic heterocycles. The third-order valence-corrected chi connectivity index (χ3v) is 2.07. The van der Waals surface area contributed by atoms with Crippen LogP contribution in [0.3, 0.4) is 0 Å². The zero-order chi connectivity index (χ0) is 7.40. The molecule has 0 spiro atoms. The van der Waals surface area contributed by atoms with Crippen LogP contribution in [0, 0.1) is 5.92 Å². The van der Waals surface area contributed by atoms with Crippen molar-refractivity contribution >= 4 is 6.29 Å². The highest BCUT2D eigenvalue weighted by atomic mass is 16.1. The molecule has 0 aromatic heterocycles. The first kappa shape index (κ1) is 7.73. The molecule has 0 radical (unpaired) electrons. The summed E-state index contributed by atoms with van der Waals surface area (Å²) in [4.78, 5) is 12.3. The zero-order valence-corrected chi connectivity index (χ0v) is 6.55. The lowest BCUT2D eigenvalue weighted by Crippen LogP contribution is -2.43. The Morgan fingerprint density at radius 2 is 2.30 bits per heavy atom. The highest BCUT2D eigenvalue weighted by Gasteiger charge is 2.21. The minimum absolute atomic E-state index is 0.750. The van der Waals surface area contributed by atoms with E-state index in [-0.39, 0.29) is 0 Å². The number of aldehydes is 1. The van der Waals surface area contributed by atoms with Crippen molar-refractivity contribution in [1.29, 1.82) is 0 Å². The molecule has 0 N–H and O–H groups in total. The van der Waals surface area contributed by atoms with Gasteiger partial charge in [0.2, 0.25) is 0 Å². The molecule has 0 amide bonds. The molecule has 1 aliphatic rings. The Bertz CT molecular complexity index is 108. The maximum absolute atomic E-state index is 9.95. The van der Waals surface area contributed by atoms with Gasteiger partial charge in [-0.05, 0) is 25.8 Å². The number of carbonyl (C=O) groups excluding carboxylic acids is 1. The molecule has 0 aliphatic carbocycles. The SMILES string of the molecule is CN1CC(CCCC=O)C1. The molecule has 10 heavy (non-hydrogen) atoms. The molecular formula is C8H15NO. The van der Waals surface area contributed by atoms with Gasteiger partial charge in [0.15, 0.2) is 0 Å². The second-order valence-electron chi connectivity index (χ2n) is 3.18. The van der Waals surface area contributed by atoms with Gasteiger partial charge in [-0.25, -0.2) is 0 Å². The van der Waals surface area contributed by atoms with Crippen molar-refractivity contribution in [3.63, 3.8) is 0 Å². The van der Waals surface area contributed by atoms with E-state index < -0.39 is 0 Å². The quantitative estimate of drug-likeness (QED) is 0.428. The Labute approximate surface area is 62.2 Å². The Hall–Kier alpha value is -0.370. The highest BCUT2D eigenvalue weighted by molar-refractivity contribution is 5.48. The second-order valence-corrected chi connectivity index (χ2v) is 3.18. The first-order valence-electron chi connectivity index (χ1n) is 3.95. The standard InChI is InChI=1S/C8H15NO/c1-9-6-8(7-9)4-2-3-5-10/h5,8H,2-4,6-7H2,1H3. The van der Waals surface area contributed by atoms with Gasteiger partial charge in [-0.1, -0.05) is 0 Å². The van der Waals surface area contributed by atoms with E-state index in [0.717, 1.165) is 25.0 Å². The van der Waals surface area contributed by atoms with Gasteiger partial charge in [-0.2, -0.15) is 0 Å². The third kappa shape index (κ3) is 2.10. The van der Waals surface area contributed by atoms with Gasteiger partial charge in [0.25, 0.3) is 0 Å². The molecule has 0 aromatic carbocycles. The number of nitrogens with zero attached hydrogens (tertiary/aromatic N) is 1. The monoisotopic (exact) mass is 141 g/mol. The molecule has 58 valence electrons. The van der Waals surface area contributed by atoms with Crippen molar-refractivity contribution < 1.29 is 4.79 Å². The van der Waals surface area contributed by atoms with Crippen LogP contribution in [0.5, 0.6) is 0 Å². The van der Waals surface area contributed by atoms with Gasteiger partial charge in [0, 0.05) is 19.5 Å². The predicted octanol–water partition coefficient (Wildman–Crippen LogP) is 0.917. The van der Waals surface area contributed by atoms with Crippen LogP contribution in [-0.2, 0) is 4.79 Å². The molecule has 2 nitrogen and oxygen atoms in total. The van der Waals surface area contributed by atoms with Gasteiger partial charge < -0.3 is 9.69 Å². The van der Waals surface area contributed by atoms with Gasteiger partial charge >= 0.3 is 0 Å². The first-order chi connectivity index (χ1) is 4.83. The van der Waals surface area contributed by atoms with Crippen molar-refractivity contribution in [2.45, 2.75) is 19.3 Å². The molecule has 0 bridgehead atoms. The van der Waals surface area contributed by atoms with Gasteiger partial charge in [0.05, 0.1) is 0 Å². The summed E-state index contributed by atoms with van der Waals surface area (Å²) < 4.78 is 0. The summed E-state index contributed by atoms with van der Waals surface area (Å²) in [6.45, 7) is 2.47. The van der Waals surface area contributed by atoms with Crippen LogP contribution in [0.1, 0.15) is 19.3 Å². The van der Waals surface area contributed by atoms with E-state index in [2.05, 4.69) is 11.9 Å². The fourth-order valence-electron chi connectivity index (χ4n) is 1.50. The van der Waals surface area contributed by atoms with E-state index in [4.69, 9.17) is 0 Å². The molecule has 1 rings (SSSR count). The fourth-order valence-corrected chi connectivity index (χ4v) is 1.50. The van der Waals surface area contributed by atoms with Crippen molar-refractivity contribution in [2.24, 2.45) is 5.92 Å². The molecule has 0 atom stereocenters. The largest absolute Gasteiger partial charge is 0.306 e. The number of carbonyl (C=O) groups is 1. The summed E-state index contributed by atoms with van der Waals surface area (Å²) in [7, 11) is 2.14. The van der Waals surface area contributed by atoms with Crippen LogP contribution < -0.4 is 0 Å². The van der Waals surface area contributed by atoms with E-state index in [9.17, 15) is 4.79 Å². The van der Waals surface area contributed by atoms with Gasteiger partial charge in [-0.15, -0.1) is 0 Å². The smallest absolute Gasteiger partial charge is 0.119 e. The lowest BCUT2D eigenvalue weighted by Gasteiger charge is -2.36. The average Bonchev–Trinajstić information content (AvgIpc) is 1.85. The molecule has 1 heterocycles. The van der Waals surface area contributed by atoms with E-state index in [1.807, 2.05) is 0 Å². The minimum Gasteiger partial charge on any atom is -0.306 e. The minimum atomic E-state index is 0.750. The second kappa shape index (κ2) is 3.71. The number of unbranched alkanes of at least 4 members (excludes halogenated alkanes) is 1. The van der Waals surface area contributed by atoms with Crippen LogP contribution in [0.2, 0.25) is 0 Å². The predicted molar refractivity (Wildman–Crippen MR) is 40.9 cm³/mol. The molecule has 1 fully saturated rings. The summed E-state index contributed by atoms with van der Waals surface area (Å²) in [6.07, 6.45) is 4.09. The molecule has 0 saturated carbocycles. The van der Waals surface area contributed by atoms with Crippen molar-refractivity contribution in [2.75, 3.05) is 20.1 Å². The van der Waals surface area contributed by atoms with Crippen molar-refractivity contribution in [3.05, 3.63) is 0 Å². The fraction of sp³-hybridized carbons (Fsp3) is 0.875. The Morgan fingerprint density at radius 3 is 2.80 bits per heavy atom. The van der Waals surface area contributed by atoms with Crippen molar-refractivity contribution in [3.8, 4) is 0 Å². The summed E-state index contributed by atoms with van der Waals surface area (Å²) in [5, 5.41) is 0. The molecular weight excluding hydrogens is 126 g/mol. The van der Waals surface area contributed by atoms with Crippen LogP contribution in [0.15, 0.2) is 0 Å².